The third-order valence-corrected chi connectivity index (χ3v) is 3.66. The monoisotopic (exact) mass is 340 g/mol. The third-order valence-electron chi connectivity index (χ3n) is 3.66. The summed E-state index contributed by atoms with van der Waals surface area (Å²) in [5.74, 6) is -1.25. The molecule has 0 saturated carbocycles. The Morgan fingerprint density at radius 2 is 1.56 bits per heavy atom. The molecule has 0 aromatic heterocycles. The van der Waals surface area contributed by atoms with E-state index in [9.17, 15) is 14.4 Å². The number of carbonyl (C=O) groups excluding carboxylic acids is 3. The van der Waals surface area contributed by atoms with Gasteiger partial charge in [-0.15, -0.1) is 0 Å². The van der Waals surface area contributed by atoms with Gasteiger partial charge in [-0.1, -0.05) is 37.3 Å². The van der Waals surface area contributed by atoms with Gasteiger partial charge in [0.25, 0.3) is 0 Å². The Hall–Kier alpha value is -2.95. The fourth-order valence-corrected chi connectivity index (χ4v) is 2.62. The second-order valence-corrected chi connectivity index (χ2v) is 5.58. The summed E-state index contributed by atoms with van der Waals surface area (Å²) < 4.78 is 10.2. The number of ether oxygens (including phenoxy) is 2. The van der Waals surface area contributed by atoms with E-state index in [0.717, 1.165) is 5.56 Å². The summed E-state index contributed by atoms with van der Waals surface area (Å²) in [5.41, 5.74) is 1.18. The molecule has 1 atom stereocenters. The highest BCUT2D eigenvalue weighted by atomic mass is 16.5. The molecule has 0 unspecified atom stereocenters. The van der Waals surface area contributed by atoms with Crippen LogP contribution in [0.15, 0.2) is 48.5 Å². The highest BCUT2D eigenvalue weighted by molar-refractivity contribution is 6.03. The van der Waals surface area contributed by atoms with Gasteiger partial charge in [-0.3, -0.25) is 14.4 Å². The first kappa shape index (κ1) is 18.4. The van der Waals surface area contributed by atoms with E-state index >= 15 is 0 Å². The highest BCUT2D eigenvalue weighted by Crippen LogP contribution is 2.31. The Kier molecular flexibility index (Phi) is 6.06. The average Bonchev–Trinajstić information content (AvgIpc) is 2.55. The number of benzene rings is 2. The molecule has 0 amide bonds. The molecule has 0 spiro atoms. The Labute approximate surface area is 146 Å². The molecule has 0 fully saturated rings. The van der Waals surface area contributed by atoms with E-state index in [0.29, 0.717) is 6.42 Å². The maximum Gasteiger partial charge on any atom is 0.308 e. The van der Waals surface area contributed by atoms with Crippen molar-refractivity contribution >= 4 is 17.7 Å². The second-order valence-electron chi connectivity index (χ2n) is 5.58. The van der Waals surface area contributed by atoms with Crippen molar-refractivity contribution in [3.8, 4) is 11.5 Å². The van der Waals surface area contributed by atoms with Gasteiger partial charge in [-0.2, -0.15) is 0 Å². The van der Waals surface area contributed by atoms with Crippen LogP contribution >= 0.6 is 0 Å². The maximum atomic E-state index is 13.0. The number of esters is 2. The van der Waals surface area contributed by atoms with Crippen LogP contribution in [0.4, 0.5) is 0 Å². The first-order valence-electron chi connectivity index (χ1n) is 8.02. The van der Waals surface area contributed by atoms with Gasteiger partial charge in [0.2, 0.25) is 0 Å². The Bertz CT molecular complexity index is 780. The van der Waals surface area contributed by atoms with Gasteiger partial charge in [-0.25, -0.2) is 0 Å². The normalized spacial score (nSPS) is 11.5. The zero-order chi connectivity index (χ0) is 18.4. The van der Waals surface area contributed by atoms with E-state index in [4.69, 9.17) is 9.47 Å². The number of carbonyl (C=O) groups is 3. The standard InChI is InChI=1S/C20H20O5/c1-4-17(15-8-6-5-7-9-15)20(23)18-11-10-16(24-13(2)21)12-19(18)25-14(3)22/h5-12,17H,4H2,1-3H3/t17-/m0/s1. The van der Waals surface area contributed by atoms with Crippen LogP contribution in [0.1, 0.15) is 49.0 Å². The average molecular weight is 340 g/mol. The summed E-state index contributed by atoms with van der Waals surface area (Å²) in [6.45, 7) is 4.45. The third kappa shape index (κ3) is 4.76. The van der Waals surface area contributed by atoms with E-state index in [-0.39, 0.29) is 28.8 Å². The molecular weight excluding hydrogens is 320 g/mol. The first-order chi connectivity index (χ1) is 11.9. The largest absolute Gasteiger partial charge is 0.427 e. The summed E-state index contributed by atoms with van der Waals surface area (Å²) in [6, 6.07) is 13.8. The molecule has 2 aromatic carbocycles. The molecule has 0 aliphatic rings. The van der Waals surface area contributed by atoms with Crippen molar-refractivity contribution < 1.29 is 23.9 Å². The molecule has 2 rings (SSSR count). The summed E-state index contributed by atoms with van der Waals surface area (Å²) in [7, 11) is 0. The van der Waals surface area contributed by atoms with Gasteiger partial charge < -0.3 is 9.47 Å². The Morgan fingerprint density at radius 1 is 0.920 bits per heavy atom. The van der Waals surface area contributed by atoms with Crippen LogP contribution in [0, 0.1) is 0 Å². The van der Waals surface area contributed by atoms with Crippen LogP contribution in [0.5, 0.6) is 11.5 Å². The Balaban J connectivity index is 2.42. The van der Waals surface area contributed by atoms with Gasteiger partial charge in [-0.05, 0) is 24.1 Å². The van der Waals surface area contributed by atoms with Gasteiger partial charge >= 0.3 is 11.9 Å². The summed E-state index contributed by atoms with van der Waals surface area (Å²) in [5, 5.41) is 0. The van der Waals surface area contributed by atoms with Crippen LogP contribution in [-0.4, -0.2) is 17.7 Å². The fraction of sp³-hybridized carbons (Fsp3) is 0.250. The minimum absolute atomic E-state index is 0.0885. The Morgan fingerprint density at radius 3 is 2.12 bits per heavy atom. The molecule has 5 nitrogen and oxygen atoms in total. The summed E-state index contributed by atoms with van der Waals surface area (Å²) >= 11 is 0. The molecule has 0 aliphatic carbocycles. The van der Waals surface area contributed by atoms with E-state index in [1.165, 1.54) is 32.0 Å². The molecule has 130 valence electrons. The van der Waals surface area contributed by atoms with Crippen LogP contribution in [0.2, 0.25) is 0 Å². The number of rotatable bonds is 6. The smallest absolute Gasteiger partial charge is 0.308 e. The van der Waals surface area contributed by atoms with Gasteiger partial charge in [0, 0.05) is 25.8 Å². The van der Waals surface area contributed by atoms with Crippen molar-refractivity contribution in [3.05, 3.63) is 59.7 Å². The minimum Gasteiger partial charge on any atom is -0.427 e. The summed E-state index contributed by atoms with van der Waals surface area (Å²) in [4.78, 5) is 35.5. The van der Waals surface area contributed by atoms with Crippen molar-refractivity contribution in [3.63, 3.8) is 0 Å². The molecule has 5 heteroatoms. The lowest BCUT2D eigenvalue weighted by Gasteiger charge is -2.17. The number of ketones is 1. The van der Waals surface area contributed by atoms with Gasteiger partial charge in [0.05, 0.1) is 5.56 Å². The quantitative estimate of drug-likeness (QED) is 0.453. The predicted molar refractivity (Wildman–Crippen MR) is 92.9 cm³/mol. The van der Waals surface area contributed by atoms with E-state index in [1.807, 2.05) is 37.3 Å². The predicted octanol–water partition coefficient (Wildman–Crippen LogP) is 3.91. The van der Waals surface area contributed by atoms with Crippen LogP contribution in [0.25, 0.3) is 0 Å². The van der Waals surface area contributed by atoms with E-state index < -0.39 is 11.9 Å². The molecule has 0 N–H and O–H groups in total. The second kappa shape index (κ2) is 8.24. The first-order valence-corrected chi connectivity index (χ1v) is 8.02. The molecular formula is C20H20O5. The van der Waals surface area contributed by atoms with Gasteiger partial charge in [0.1, 0.15) is 11.5 Å². The van der Waals surface area contributed by atoms with E-state index in [1.54, 1.807) is 0 Å². The topological polar surface area (TPSA) is 69.7 Å². The van der Waals surface area contributed by atoms with Crippen molar-refractivity contribution in [2.24, 2.45) is 0 Å². The van der Waals surface area contributed by atoms with Crippen molar-refractivity contribution in [1.29, 1.82) is 0 Å². The van der Waals surface area contributed by atoms with Crippen molar-refractivity contribution in [2.45, 2.75) is 33.1 Å². The molecule has 0 saturated heterocycles. The minimum atomic E-state index is -0.554. The van der Waals surface area contributed by atoms with E-state index in [2.05, 4.69) is 0 Å². The zero-order valence-corrected chi connectivity index (χ0v) is 14.4. The molecule has 25 heavy (non-hydrogen) atoms. The number of hydrogen-bond donors (Lipinski definition) is 0. The van der Waals surface area contributed by atoms with Crippen LogP contribution < -0.4 is 9.47 Å². The molecule has 0 heterocycles. The van der Waals surface area contributed by atoms with Crippen molar-refractivity contribution in [1.82, 2.24) is 0 Å². The number of hydrogen-bond acceptors (Lipinski definition) is 5. The molecule has 0 aliphatic heterocycles. The van der Waals surface area contributed by atoms with Crippen molar-refractivity contribution in [2.75, 3.05) is 0 Å². The lowest BCUT2D eigenvalue weighted by Crippen LogP contribution is -2.15. The SMILES string of the molecule is CC[C@H](C(=O)c1ccc(OC(C)=O)cc1OC(C)=O)c1ccccc1. The van der Waals surface area contributed by atoms with Gasteiger partial charge in [0.15, 0.2) is 5.78 Å². The molecule has 2 aromatic rings. The number of Topliss-reactive ketones (excluding diaryl/α,β-unsaturated/α-hetero) is 1. The lowest BCUT2D eigenvalue weighted by molar-refractivity contribution is -0.132. The maximum absolute atomic E-state index is 13.0. The molecule has 0 bridgehead atoms. The highest BCUT2D eigenvalue weighted by Gasteiger charge is 2.24. The van der Waals surface area contributed by atoms with Crippen LogP contribution in [-0.2, 0) is 9.59 Å². The van der Waals surface area contributed by atoms with Crippen LogP contribution in [0.3, 0.4) is 0 Å². The lowest BCUT2D eigenvalue weighted by atomic mass is 9.88. The molecule has 0 radical (unpaired) electrons. The summed E-state index contributed by atoms with van der Waals surface area (Å²) in [6.07, 6.45) is 0.605. The fourth-order valence-electron chi connectivity index (χ4n) is 2.62. The zero-order valence-electron chi connectivity index (χ0n) is 14.4.